The second-order valence-electron chi connectivity index (χ2n) is 5.62. The maximum absolute atomic E-state index is 12.2. The zero-order valence-electron chi connectivity index (χ0n) is 13.5. The van der Waals surface area contributed by atoms with E-state index in [0.29, 0.717) is 23.7 Å². The Kier molecular flexibility index (Phi) is 4.40. The van der Waals surface area contributed by atoms with E-state index in [1.54, 1.807) is 30.4 Å². The summed E-state index contributed by atoms with van der Waals surface area (Å²) in [5, 5.41) is 0. The highest BCUT2D eigenvalue weighted by atomic mass is 16.7. The minimum absolute atomic E-state index is 0.0920. The molecule has 3 rings (SSSR count). The number of hydrogen-bond acceptors (Lipinski definition) is 6. The second-order valence-corrected chi connectivity index (χ2v) is 5.62. The lowest BCUT2D eigenvalue weighted by atomic mass is 9.84. The lowest BCUT2D eigenvalue weighted by Gasteiger charge is -2.31. The predicted molar refractivity (Wildman–Crippen MR) is 85.1 cm³/mol. The molecule has 126 valence electrons. The van der Waals surface area contributed by atoms with Crippen LogP contribution in [0.4, 0.5) is 0 Å². The summed E-state index contributed by atoms with van der Waals surface area (Å²) in [7, 11) is 1.35. The minimum Gasteiger partial charge on any atom is -0.469 e. The number of ketones is 1. The topological polar surface area (TPSA) is 71.1 Å². The van der Waals surface area contributed by atoms with Crippen molar-refractivity contribution in [3.8, 4) is 11.5 Å². The standard InChI is InChI=1S/C18H18O6/c1-18(24-8-4-3-5-17(20)21-2)7-6-14(19)12-9-15-16(10-13(12)18)23-11-22-15/h3-4,6-7,9-10H,5,8,11H2,1-2H3/b4-3+/t18-/m1/s1. The van der Waals surface area contributed by atoms with Crippen LogP contribution in [0.15, 0.2) is 36.4 Å². The molecule has 24 heavy (non-hydrogen) atoms. The molecule has 0 aromatic heterocycles. The Balaban J connectivity index is 1.77. The second kappa shape index (κ2) is 6.49. The van der Waals surface area contributed by atoms with Crippen LogP contribution in [-0.4, -0.2) is 32.3 Å². The Morgan fingerprint density at radius 1 is 1.29 bits per heavy atom. The van der Waals surface area contributed by atoms with Gasteiger partial charge in [0.15, 0.2) is 17.3 Å². The Bertz CT molecular complexity index is 733. The smallest absolute Gasteiger partial charge is 0.309 e. The van der Waals surface area contributed by atoms with Crippen molar-refractivity contribution >= 4 is 11.8 Å². The van der Waals surface area contributed by atoms with Gasteiger partial charge in [0.05, 0.1) is 20.1 Å². The van der Waals surface area contributed by atoms with Gasteiger partial charge in [-0.2, -0.15) is 0 Å². The van der Waals surface area contributed by atoms with Crippen molar-refractivity contribution in [1.29, 1.82) is 0 Å². The lowest BCUT2D eigenvalue weighted by molar-refractivity contribution is -0.139. The van der Waals surface area contributed by atoms with Crippen LogP contribution < -0.4 is 9.47 Å². The van der Waals surface area contributed by atoms with Crippen molar-refractivity contribution in [2.24, 2.45) is 0 Å². The monoisotopic (exact) mass is 330 g/mol. The average molecular weight is 330 g/mol. The zero-order chi connectivity index (χ0) is 17.2. The van der Waals surface area contributed by atoms with Crippen molar-refractivity contribution in [3.63, 3.8) is 0 Å². The molecule has 1 aliphatic heterocycles. The Hall–Kier alpha value is -2.60. The van der Waals surface area contributed by atoms with Crippen LogP contribution in [0.2, 0.25) is 0 Å². The molecule has 1 atom stereocenters. The molecule has 1 aromatic rings. The Morgan fingerprint density at radius 3 is 2.79 bits per heavy atom. The number of fused-ring (bicyclic) bond motifs is 2. The van der Waals surface area contributed by atoms with Crippen LogP contribution in [0.5, 0.6) is 11.5 Å². The number of ether oxygens (including phenoxy) is 4. The van der Waals surface area contributed by atoms with Gasteiger partial charge < -0.3 is 18.9 Å². The SMILES string of the molecule is COC(=O)C/C=C/CO[C@]1(C)C=CC(=O)c2cc3c(cc21)OCO3. The molecule has 1 aliphatic carbocycles. The third-order valence-corrected chi connectivity index (χ3v) is 4.02. The van der Waals surface area contributed by atoms with Gasteiger partial charge in [-0.05, 0) is 31.2 Å². The van der Waals surface area contributed by atoms with Crippen LogP contribution >= 0.6 is 0 Å². The van der Waals surface area contributed by atoms with Crippen molar-refractivity contribution in [2.75, 3.05) is 20.5 Å². The summed E-state index contributed by atoms with van der Waals surface area (Å²) in [5.74, 6) is 0.773. The molecule has 2 aliphatic rings. The van der Waals surface area contributed by atoms with E-state index in [1.165, 1.54) is 13.2 Å². The number of allylic oxidation sites excluding steroid dienone is 1. The van der Waals surface area contributed by atoms with E-state index in [2.05, 4.69) is 4.74 Å². The van der Waals surface area contributed by atoms with E-state index in [0.717, 1.165) is 5.56 Å². The van der Waals surface area contributed by atoms with Gasteiger partial charge in [-0.15, -0.1) is 0 Å². The number of hydrogen-bond donors (Lipinski definition) is 0. The lowest BCUT2D eigenvalue weighted by Crippen LogP contribution is -2.29. The first kappa shape index (κ1) is 16.3. The molecule has 0 N–H and O–H groups in total. The molecule has 0 fully saturated rings. The van der Waals surface area contributed by atoms with E-state index in [4.69, 9.17) is 14.2 Å². The fourth-order valence-electron chi connectivity index (χ4n) is 2.65. The molecule has 0 saturated carbocycles. The van der Waals surface area contributed by atoms with Crippen molar-refractivity contribution < 1.29 is 28.5 Å². The summed E-state index contributed by atoms with van der Waals surface area (Å²) in [6.07, 6.45) is 6.86. The van der Waals surface area contributed by atoms with Gasteiger partial charge in [0, 0.05) is 11.1 Å². The normalized spacial score (nSPS) is 21.2. The maximum atomic E-state index is 12.2. The van der Waals surface area contributed by atoms with E-state index in [-0.39, 0.29) is 25.0 Å². The molecule has 6 nitrogen and oxygen atoms in total. The molecular formula is C18H18O6. The first-order chi connectivity index (χ1) is 11.5. The minimum atomic E-state index is -0.764. The van der Waals surface area contributed by atoms with Crippen LogP contribution in [-0.2, 0) is 19.9 Å². The largest absolute Gasteiger partial charge is 0.469 e. The van der Waals surface area contributed by atoms with E-state index < -0.39 is 5.60 Å². The number of carbonyl (C=O) groups excluding carboxylic acids is 2. The summed E-state index contributed by atoms with van der Waals surface area (Å²) < 4.78 is 21.2. The van der Waals surface area contributed by atoms with Gasteiger partial charge >= 0.3 is 5.97 Å². The van der Waals surface area contributed by atoms with Gasteiger partial charge in [-0.1, -0.05) is 12.2 Å². The summed E-state index contributed by atoms with van der Waals surface area (Å²) in [5.41, 5.74) is 0.517. The first-order valence-corrected chi connectivity index (χ1v) is 7.57. The van der Waals surface area contributed by atoms with Crippen molar-refractivity contribution in [3.05, 3.63) is 47.6 Å². The highest BCUT2D eigenvalue weighted by Gasteiger charge is 2.34. The van der Waals surface area contributed by atoms with Crippen molar-refractivity contribution in [2.45, 2.75) is 18.9 Å². The van der Waals surface area contributed by atoms with Gasteiger partial charge in [-0.3, -0.25) is 9.59 Å². The molecular weight excluding hydrogens is 312 g/mol. The maximum Gasteiger partial charge on any atom is 0.309 e. The van der Waals surface area contributed by atoms with Gasteiger partial charge in [0.25, 0.3) is 0 Å². The summed E-state index contributed by atoms with van der Waals surface area (Å²) in [4.78, 5) is 23.2. The number of carbonyl (C=O) groups is 2. The fourth-order valence-corrected chi connectivity index (χ4v) is 2.65. The van der Waals surface area contributed by atoms with E-state index in [9.17, 15) is 9.59 Å². The van der Waals surface area contributed by atoms with Crippen molar-refractivity contribution in [1.82, 2.24) is 0 Å². The predicted octanol–water partition coefficient (Wildman–Crippen LogP) is 2.52. The highest BCUT2D eigenvalue weighted by molar-refractivity contribution is 6.07. The third-order valence-electron chi connectivity index (χ3n) is 4.02. The van der Waals surface area contributed by atoms with Gasteiger partial charge in [0.1, 0.15) is 5.60 Å². The number of esters is 1. The molecule has 0 saturated heterocycles. The quantitative estimate of drug-likeness (QED) is 0.610. The molecule has 6 heteroatoms. The van der Waals surface area contributed by atoms with E-state index >= 15 is 0 Å². The summed E-state index contributed by atoms with van der Waals surface area (Å²) in [6, 6.07) is 3.48. The van der Waals surface area contributed by atoms with Crippen LogP contribution in [0.1, 0.15) is 29.3 Å². The van der Waals surface area contributed by atoms with Crippen LogP contribution in [0, 0.1) is 0 Å². The van der Waals surface area contributed by atoms with Crippen LogP contribution in [0.3, 0.4) is 0 Å². The number of benzene rings is 1. The molecule has 0 bridgehead atoms. The van der Waals surface area contributed by atoms with Crippen LogP contribution in [0.25, 0.3) is 0 Å². The third kappa shape index (κ3) is 3.05. The van der Waals surface area contributed by atoms with Gasteiger partial charge in [-0.25, -0.2) is 0 Å². The number of rotatable bonds is 5. The van der Waals surface area contributed by atoms with E-state index in [1.807, 2.05) is 6.92 Å². The summed E-state index contributed by atoms with van der Waals surface area (Å²) >= 11 is 0. The highest BCUT2D eigenvalue weighted by Crippen LogP contribution is 2.42. The Labute approximate surface area is 139 Å². The fraction of sp³-hybridized carbons (Fsp3) is 0.333. The van der Waals surface area contributed by atoms with Gasteiger partial charge in [0.2, 0.25) is 6.79 Å². The summed E-state index contributed by atoms with van der Waals surface area (Å²) in [6.45, 7) is 2.32. The molecule has 0 radical (unpaired) electrons. The average Bonchev–Trinajstić information content (AvgIpc) is 3.04. The number of methoxy groups -OCH3 is 1. The molecule has 0 unspecified atom stereocenters. The Morgan fingerprint density at radius 2 is 2.04 bits per heavy atom. The zero-order valence-corrected chi connectivity index (χ0v) is 13.5. The molecule has 1 heterocycles. The molecule has 0 amide bonds. The molecule has 1 aromatic carbocycles. The first-order valence-electron chi connectivity index (χ1n) is 7.57. The molecule has 0 spiro atoms.